The molecule has 8 heavy (non-hydrogen) atoms. The third-order valence-corrected chi connectivity index (χ3v) is 0. The summed E-state index contributed by atoms with van der Waals surface area (Å²) in [7, 11) is 0. The molecule has 7 heteroatoms. The fourth-order valence-electron chi connectivity index (χ4n) is 0. The third-order valence-electron chi connectivity index (χ3n) is 0. The van der Waals surface area contributed by atoms with Gasteiger partial charge in [0.25, 0.3) is 0 Å². The first-order chi connectivity index (χ1) is 2.73. The molecule has 0 aliphatic carbocycles. The summed E-state index contributed by atoms with van der Waals surface area (Å²) in [6, 6.07) is 0. The van der Waals surface area contributed by atoms with Crippen molar-refractivity contribution in [2.24, 2.45) is 0 Å². The Morgan fingerprint density at radius 2 is 1.00 bits per heavy atom. The number of carboxylic acid groups (broad SMARTS) is 2. The van der Waals surface area contributed by atoms with Gasteiger partial charge in [-0.15, -0.1) is 0 Å². The molecule has 0 aromatic heterocycles. The van der Waals surface area contributed by atoms with Crippen LogP contribution in [0.5, 0.6) is 0 Å². The summed E-state index contributed by atoms with van der Waals surface area (Å²) >= 11 is 0. The maximum absolute atomic E-state index is 8.56. The van der Waals surface area contributed by atoms with E-state index in [4.69, 9.17) is 25.5 Å². The van der Waals surface area contributed by atoms with Crippen LogP contribution in [0.4, 0.5) is 4.79 Å². The fraction of sp³-hybridized carbons (Fsp3) is 0. The molecule has 0 bridgehead atoms. The molecule has 0 atom stereocenters. The van der Waals surface area contributed by atoms with Crippen molar-refractivity contribution in [2.75, 3.05) is 0 Å². The molecule has 0 heterocycles. The van der Waals surface area contributed by atoms with Crippen molar-refractivity contribution in [3.05, 3.63) is 0 Å². The number of carbonyl (C=O) groups is 1. The second-order valence-corrected chi connectivity index (χ2v) is 0.283. The van der Waals surface area contributed by atoms with Gasteiger partial charge in [-0.1, -0.05) is 0 Å². The third kappa shape index (κ3) is 3250. The predicted molar refractivity (Wildman–Crippen MR) is 15.9 cm³/mol. The zero-order chi connectivity index (χ0) is 5.58. The number of hydrogen-bond acceptors (Lipinski definition) is 3. The summed E-state index contributed by atoms with van der Waals surface area (Å²) in [5, 5.41) is 25.9. The minimum Gasteiger partial charge on any atom is -0.450 e. The average molecular weight is 208 g/mol. The maximum atomic E-state index is 8.56. The van der Waals surface area contributed by atoms with Crippen LogP contribution >= 0.6 is 0 Å². The topological polar surface area (TPSA) is 98.0 Å². The van der Waals surface area contributed by atoms with E-state index in [-0.39, 0.29) is 34.1 Å². The molecule has 0 fully saturated rings. The van der Waals surface area contributed by atoms with Gasteiger partial charge in [-0.3, -0.25) is 10.5 Å². The van der Waals surface area contributed by atoms with Crippen molar-refractivity contribution < 1.29 is 59.7 Å². The molecular formula is CH4Fe2O5. The van der Waals surface area contributed by atoms with Crippen molar-refractivity contribution in [1.29, 1.82) is 0 Å². The minimum atomic E-state index is -1.83. The Kier molecular flexibility index (Phi) is 80.9. The summed E-state index contributed by atoms with van der Waals surface area (Å²) in [5.41, 5.74) is 0. The summed E-state index contributed by atoms with van der Waals surface area (Å²) in [6.45, 7) is 0. The Balaban J connectivity index is -0.0000000183. The van der Waals surface area contributed by atoms with Crippen LogP contribution in [0.2, 0.25) is 0 Å². The Labute approximate surface area is 66.2 Å². The smallest absolute Gasteiger partial charge is 0.450 e. The molecule has 5 nitrogen and oxygen atoms in total. The number of hydrogen-bond donors (Lipinski definition) is 4. The Morgan fingerprint density at radius 3 is 1.00 bits per heavy atom. The molecule has 0 unspecified atom stereocenters. The zero-order valence-electron chi connectivity index (χ0n) is 3.40. The number of rotatable bonds is 0. The first kappa shape index (κ1) is 24.0. The van der Waals surface area contributed by atoms with E-state index >= 15 is 0 Å². The molecule has 54 valence electrons. The molecule has 0 saturated carbocycles. The van der Waals surface area contributed by atoms with E-state index in [1.807, 2.05) is 0 Å². The normalized spacial score (nSPS) is 3.75. The van der Waals surface area contributed by atoms with Gasteiger partial charge in [0.1, 0.15) is 0 Å². The van der Waals surface area contributed by atoms with Crippen LogP contribution in [0.25, 0.3) is 0 Å². The fourth-order valence-corrected chi connectivity index (χ4v) is 0. The Morgan fingerprint density at radius 1 is 1.00 bits per heavy atom. The van der Waals surface area contributed by atoms with Crippen molar-refractivity contribution >= 4 is 6.16 Å². The van der Waals surface area contributed by atoms with E-state index in [1.54, 1.807) is 0 Å². The van der Waals surface area contributed by atoms with Gasteiger partial charge in [-0.25, -0.2) is 4.79 Å². The monoisotopic (exact) mass is 208 g/mol. The SMILES string of the molecule is O=C(O)O.OO.[Fe].[Fe]. The molecule has 0 aromatic rings. The minimum absolute atomic E-state index is 0. The zero-order valence-corrected chi connectivity index (χ0v) is 5.61. The molecule has 0 aliphatic rings. The van der Waals surface area contributed by atoms with Gasteiger partial charge < -0.3 is 10.2 Å². The van der Waals surface area contributed by atoms with E-state index in [0.29, 0.717) is 0 Å². The van der Waals surface area contributed by atoms with Crippen LogP contribution in [0.3, 0.4) is 0 Å². The van der Waals surface area contributed by atoms with Crippen molar-refractivity contribution in [1.82, 2.24) is 0 Å². The summed E-state index contributed by atoms with van der Waals surface area (Å²) < 4.78 is 0. The second-order valence-electron chi connectivity index (χ2n) is 0.283. The first-order valence-electron chi connectivity index (χ1n) is 0.851. The van der Waals surface area contributed by atoms with Gasteiger partial charge >= 0.3 is 6.16 Å². The molecule has 0 rings (SSSR count). The van der Waals surface area contributed by atoms with Crippen LogP contribution in [-0.2, 0) is 34.1 Å². The van der Waals surface area contributed by atoms with Crippen LogP contribution < -0.4 is 0 Å². The molecule has 0 radical (unpaired) electrons. The van der Waals surface area contributed by atoms with E-state index in [9.17, 15) is 0 Å². The van der Waals surface area contributed by atoms with Crippen molar-refractivity contribution in [2.45, 2.75) is 0 Å². The van der Waals surface area contributed by atoms with Crippen LogP contribution in [0.1, 0.15) is 0 Å². The van der Waals surface area contributed by atoms with Crippen LogP contribution in [-0.4, -0.2) is 26.9 Å². The maximum Gasteiger partial charge on any atom is 0.503 e. The van der Waals surface area contributed by atoms with Crippen molar-refractivity contribution in [3.8, 4) is 0 Å². The second kappa shape index (κ2) is 26.9. The van der Waals surface area contributed by atoms with Gasteiger partial charge in [0.2, 0.25) is 0 Å². The molecule has 0 saturated heterocycles. The van der Waals surface area contributed by atoms with E-state index in [2.05, 4.69) is 0 Å². The predicted octanol–water partition coefficient (Wildman–Crippen LogP) is 0.235. The van der Waals surface area contributed by atoms with Crippen LogP contribution in [0, 0.1) is 0 Å². The summed E-state index contributed by atoms with van der Waals surface area (Å²) in [4.78, 5) is 8.56. The summed E-state index contributed by atoms with van der Waals surface area (Å²) in [5.74, 6) is 0. The van der Waals surface area contributed by atoms with E-state index in [1.165, 1.54) is 0 Å². The Hall–Kier alpha value is 0.229. The molecule has 0 spiro atoms. The summed E-state index contributed by atoms with van der Waals surface area (Å²) in [6.07, 6.45) is -1.83. The average Bonchev–Trinajstić information content (AvgIpc) is 1.41. The molecule has 0 amide bonds. The van der Waals surface area contributed by atoms with Gasteiger partial charge in [0.05, 0.1) is 0 Å². The van der Waals surface area contributed by atoms with E-state index < -0.39 is 6.16 Å². The quantitative estimate of drug-likeness (QED) is 0.259. The van der Waals surface area contributed by atoms with Crippen molar-refractivity contribution in [3.63, 3.8) is 0 Å². The standard InChI is InChI=1S/CH2O3.2Fe.H2O2/c2-1(3)4;;;1-2/h(H2,2,3,4);;;1-2H. The van der Waals surface area contributed by atoms with Gasteiger partial charge in [-0.05, 0) is 0 Å². The molecule has 0 aliphatic heterocycles. The Bertz CT molecular complexity index is 33.4. The molecule has 4 N–H and O–H groups in total. The van der Waals surface area contributed by atoms with E-state index in [0.717, 1.165) is 0 Å². The largest absolute Gasteiger partial charge is 0.503 e. The van der Waals surface area contributed by atoms with Crippen LogP contribution in [0.15, 0.2) is 0 Å². The molecule has 0 aromatic carbocycles. The van der Waals surface area contributed by atoms with Gasteiger partial charge in [-0.2, -0.15) is 0 Å². The van der Waals surface area contributed by atoms with Gasteiger partial charge in [0.15, 0.2) is 0 Å². The van der Waals surface area contributed by atoms with Gasteiger partial charge in [0, 0.05) is 34.1 Å². The molecular weight excluding hydrogens is 204 g/mol. The first-order valence-corrected chi connectivity index (χ1v) is 0.851.